The standard InChI is InChI=1S/C10H14N2O3/c1-2-15-10(14)6-3-4-8-7(5-6)9(13)12-11-8/h6H,2-5H2,1H3,(H2,11,12,13). The summed E-state index contributed by atoms with van der Waals surface area (Å²) >= 11 is 0. The second-order valence-electron chi connectivity index (χ2n) is 3.73. The predicted molar refractivity (Wildman–Crippen MR) is 53.6 cm³/mol. The molecule has 0 aliphatic heterocycles. The molecule has 0 saturated carbocycles. The highest BCUT2D eigenvalue weighted by atomic mass is 16.5. The van der Waals surface area contributed by atoms with Gasteiger partial charge in [-0.25, -0.2) is 0 Å². The number of aromatic nitrogens is 2. The van der Waals surface area contributed by atoms with Gasteiger partial charge < -0.3 is 9.84 Å². The van der Waals surface area contributed by atoms with Gasteiger partial charge in [0.1, 0.15) is 0 Å². The highest BCUT2D eigenvalue weighted by Gasteiger charge is 2.28. The van der Waals surface area contributed by atoms with Gasteiger partial charge in [-0.05, 0) is 26.2 Å². The quantitative estimate of drug-likeness (QED) is 0.692. The number of H-pyrrole nitrogens is 2. The molecule has 1 aromatic heterocycles. The van der Waals surface area contributed by atoms with Crippen molar-refractivity contribution < 1.29 is 9.53 Å². The van der Waals surface area contributed by atoms with Crippen LogP contribution in [0.1, 0.15) is 24.6 Å². The van der Waals surface area contributed by atoms with Crippen molar-refractivity contribution in [1.82, 2.24) is 10.2 Å². The number of carbonyl (C=O) groups is 1. The molecule has 5 heteroatoms. The van der Waals surface area contributed by atoms with Gasteiger partial charge in [0, 0.05) is 11.3 Å². The molecule has 0 aromatic carbocycles. The Morgan fingerprint density at radius 2 is 2.33 bits per heavy atom. The molecule has 2 N–H and O–H groups in total. The zero-order valence-electron chi connectivity index (χ0n) is 8.63. The lowest BCUT2D eigenvalue weighted by Gasteiger charge is -2.19. The van der Waals surface area contributed by atoms with Gasteiger partial charge in [0.25, 0.3) is 5.56 Å². The highest BCUT2D eigenvalue weighted by molar-refractivity contribution is 5.73. The van der Waals surface area contributed by atoms with Gasteiger partial charge in [-0.3, -0.25) is 14.7 Å². The van der Waals surface area contributed by atoms with E-state index >= 15 is 0 Å². The number of aryl methyl sites for hydroxylation is 1. The summed E-state index contributed by atoms with van der Waals surface area (Å²) in [5.41, 5.74) is 1.53. The molecule has 0 saturated heterocycles. The largest absolute Gasteiger partial charge is 0.466 e. The van der Waals surface area contributed by atoms with E-state index in [0.29, 0.717) is 18.6 Å². The van der Waals surface area contributed by atoms with Crippen LogP contribution in [0.5, 0.6) is 0 Å². The molecule has 0 spiro atoms. The first-order chi connectivity index (χ1) is 7.22. The number of aromatic amines is 2. The van der Waals surface area contributed by atoms with Crippen LogP contribution < -0.4 is 5.56 Å². The summed E-state index contributed by atoms with van der Waals surface area (Å²) in [4.78, 5) is 22.8. The van der Waals surface area contributed by atoms with Crippen LogP contribution in [0.2, 0.25) is 0 Å². The van der Waals surface area contributed by atoms with Gasteiger partial charge in [0.05, 0.1) is 12.5 Å². The van der Waals surface area contributed by atoms with E-state index in [2.05, 4.69) is 10.2 Å². The fraction of sp³-hybridized carbons (Fsp3) is 0.600. The number of ether oxygens (including phenoxy) is 1. The Balaban J connectivity index is 2.14. The average molecular weight is 210 g/mol. The Bertz CT molecular complexity index is 419. The number of carbonyl (C=O) groups excluding carboxylic acids is 1. The number of esters is 1. The number of hydrogen-bond donors (Lipinski definition) is 2. The van der Waals surface area contributed by atoms with Gasteiger partial charge in [0.2, 0.25) is 0 Å². The Morgan fingerprint density at radius 3 is 3.07 bits per heavy atom. The second kappa shape index (κ2) is 3.92. The zero-order valence-corrected chi connectivity index (χ0v) is 8.63. The molecule has 1 unspecified atom stereocenters. The van der Waals surface area contributed by atoms with Crippen LogP contribution in [0, 0.1) is 5.92 Å². The van der Waals surface area contributed by atoms with Gasteiger partial charge in [-0.1, -0.05) is 0 Å². The van der Waals surface area contributed by atoms with Crippen molar-refractivity contribution in [3.05, 3.63) is 21.6 Å². The molecule has 15 heavy (non-hydrogen) atoms. The molecule has 1 heterocycles. The van der Waals surface area contributed by atoms with E-state index < -0.39 is 0 Å². The molecular formula is C10H14N2O3. The van der Waals surface area contributed by atoms with Crippen molar-refractivity contribution in [2.45, 2.75) is 26.2 Å². The van der Waals surface area contributed by atoms with E-state index in [1.165, 1.54) is 0 Å². The summed E-state index contributed by atoms with van der Waals surface area (Å²) in [5, 5.41) is 5.37. The lowest BCUT2D eigenvalue weighted by atomic mass is 9.88. The fourth-order valence-electron chi connectivity index (χ4n) is 1.98. The Labute approximate surface area is 86.8 Å². The molecular weight excluding hydrogens is 196 g/mol. The lowest BCUT2D eigenvalue weighted by molar-refractivity contribution is -0.148. The highest BCUT2D eigenvalue weighted by Crippen LogP contribution is 2.22. The topological polar surface area (TPSA) is 75.0 Å². The van der Waals surface area contributed by atoms with Crippen LogP contribution in [0.4, 0.5) is 0 Å². The van der Waals surface area contributed by atoms with Crippen LogP contribution >= 0.6 is 0 Å². The minimum absolute atomic E-state index is 0.112. The van der Waals surface area contributed by atoms with E-state index in [4.69, 9.17) is 4.74 Å². The lowest BCUT2D eigenvalue weighted by Crippen LogP contribution is -2.26. The zero-order chi connectivity index (χ0) is 10.8. The monoisotopic (exact) mass is 210 g/mol. The summed E-state index contributed by atoms with van der Waals surface area (Å²) in [6.45, 7) is 2.18. The maximum absolute atomic E-state index is 11.5. The maximum Gasteiger partial charge on any atom is 0.309 e. The van der Waals surface area contributed by atoms with Crippen molar-refractivity contribution in [2.75, 3.05) is 6.61 Å². The Morgan fingerprint density at radius 1 is 1.53 bits per heavy atom. The number of hydrogen-bond acceptors (Lipinski definition) is 3. The molecule has 1 aromatic rings. The minimum Gasteiger partial charge on any atom is -0.466 e. The molecule has 0 bridgehead atoms. The first-order valence-corrected chi connectivity index (χ1v) is 5.17. The molecule has 82 valence electrons. The molecule has 5 nitrogen and oxygen atoms in total. The van der Waals surface area contributed by atoms with Gasteiger partial charge in [-0.2, -0.15) is 0 Å². The van der Waals surface area contributed by atoms with Crippen LogP contribution in [0.25, 0.3) is 0 Å². The number of fused-ring (bicyclic) bond motifs is 1. The summed E-state index contributed by atoms with van der Waals surface area (Å²) in [5.74, 6) is -0.349. The number of nitrogens with one attached hydrogen (secondary N) is 2. The van der Waals surface area contributed by atoms with Gasteiger partial charge in [-0.15, -0.1) is 0 Å². The first kappa shape index (κ1) is 10.0. The van der Waals surface area contributed by atoms with Crippen LogP contribution in [0.3, 0.4) is 0 Å². The summed E-state index contributed by atoms with van der Waals surface area (Å²) in [6.07, 6.45) is 1.98. The van der Waals surface area contributed by atoms with Crippen molar-refractivity contribution in [3.8, 4) is 0 Å². The molecule has 1 aliphatic rings. The van der Waals surface area contributed by atoms with Crippen molar-refractivity contribution in [3.63, 3.8) is 0 Å². The summed E-state index contributed by atoms with van der Waals surface area (Å²) < 4.78 is 4.95. The third-order valence-electron chi connectivity index (χ3n) is 2.78. The van der Waals surface area contributed by atoms with Crippen LogP contribution in [-0.2, 0) is 22.4 Å². The van der Waals surface area contributed by atoms with Crippen LogP contribution in [-0.4, -0.2) is 22.8 Å². The third-order valence-corrected chi connectivity index (χ3v) is 2.78. The third kappa shape index (κ3) is 1.82. The molecule has 2 rings (SSSR count). The Hall–Kier alpha value is -1.52. The molecule has 0 radical (unpaired) electrons. The molecule has 0 amide bonds. The van der Waals surface area contributed by atoms with Crippen LogP contribution in [0.15, 0.2) is 4.79 Å². The Kier molecular flexibility index (Phi) is 2.62. The first-order valence-electron chi connectivity index (χ1n) is 5.17. The van der Waals surface area contributed by atoms with E-state index in [1.54, 1.807) is 6.92 Å². The SMILES string of the molecule is CCOC(=O)C1CCc2[nH][nH]c(=O)c2C1. The van der Waals surface area contributed by atoms with Gasteiger partial charge in [0.15, 0.2) is 0 Å². The van der Waals surface area contributed by atoms with E-state index in [9.17, 15) is 9.59 Å². The van der Waals surface area contributed by atoms with Crippen molar-refractivity contribution >= 4 is 5.97 Å². The number of rotatable bonds is 2. The van der Waals surface area contributed by atoms with Gasteiger partial charge >= 0.3 is 5.97 Å². The normalized spacial score (nSPS) is 19.7. The van der Waals surface area contributed by atoms with E-state index in [0.717, 1.165) is 18.5 Å². The van der Waals surface area contributed by atoms with E-state index in [-0.39, 0.29) is 17.4 Å². The minimum atomic E-state index is -0.191. The fourth-order valence-corrected chi connectivity index (χ4v) is 1.98. The maximum atomic E-state index is 11.5. The molecule has 1 aliphatic carbocycles. The second-order valence-corrected chi connectivity index (χ2v) is 3.73. The van der Waals surface area contributed by atoms with Crippen molar-refractivity contribution in [2.24, 2.45) is 5.92 Å². The van der Waals surface area contributed by atoms with E-state index in [1.807, 2.05) is 0 Å². The van der Waals surface area contributed by atoms with Crippen molar-refractivity contribution in [1.29, 1.82) is 0 Å². The predicted octanol–water partition coefficient (Wildman–Crippen LogP) is 0.371. The molecule has 0 fully saturated rings. The molecule has 1 atom stereocenters. The summed E-state index contributed by atoms with van der Waals surface area (Å²) in [6, 6.07) is 0. The summed E-state index contributed by atoms with van der Waals surface area (Å²) in [7, 11) is 0. The average Bonchev–Trinajstić information content (AvgIpc) is 2.60. The smallest absolute Gasteiger partial charge is 0.309 e.